The van der Waals surface area contributed by atoms with Gasteiger partial charge in [0, 0.05) is 45.5 Å². The van der Waals surface area contributed by atoms with Crippen LogP contribution in [0.1, 0.15) is 23.8 Å². The second-order valence-electron chi connectivity index (χ2n) is 4.39. The van der Waals surface area contributed by atoms with Gasteiger partial charge in [-0.3, -0.25) is 9.78 Å². The van der Waals surface area contributed by atoms with Crippen molar-refractivity contribution in [3.63, 3.8) is 0 Å². The molecule has 0 aliphatic heterocycles. The van der Waals surface area contributed by atoms with Gasteiger partial charge in [-0.15, -0.1) is 0 Å². The molecular weight excluding hydrogens is 260 g/mol. The fourth-order valence-corrected chi connectivity index (χ4v) is 1.77. The SMILES string of the molecule is CCN(CCC(N)=S)c1ccnc(C(=O)N(C)C)c1. The zero-order valence-corrected chi connectivity index (χ0v) is 12.4. The number of aromatic nitrogens is 1. The summed E-state index contributed by atoms with van der Waals surface area (Å²) in [4.78, 5) is 20.1. The molecule has 5 nitrogen and oxygen atoms in total. The van der Waals surface area contributed by atoms with Crippen LogP contribution in [-0.4, -0.2) is 48.0 Å². The highest BCUT2D eigenvalue weighted by Gasteiger charge is 2.12. The molecule has 19 heavy (non-hydrogen) atoms. The van der Waals surface area contributed by atoms with Crippen molar-refractivity contribution in [1.29, 1.82) is 0 Å². The van der Waals surface area contributed by atoms with E-state index in [0.29, 0.717) is 17.1 Å². The van der Waals surface area contributed by atoms with E-state index in [1.807, 2.05) is 13.0 Å². The van der Waals surface area contributed by atoms with E-state index in [-0.39, 0.29) is 5.91 Å². The number of pyridine rings is 1. The molecule has 1 heterocycles. The second-order valence-corrected chi connectivity index (χ2v) is 4.92. The summed E-state index contributed by atoms with van der Waals surface area (Å²) in [5.74, 6) is -0.104. The van der Waals surface area contributed by atoms with E-state index in [1.54, 1.807) is 26.4 Å². The van der Waals surface area contributed by atoms with Gasteiger partial charge in [-0.25, -0.2) is 0 Å². The van der Waals surface area contributed by atoms with E-state index < -0.39 is 0 Å². The lowest BCUT2D eigenvalue weighted by atomic mass is 10.2. The summed E-state index contributed by atoms with van der Waals surface area (Å²) < 4.78 is 0. The van der Waals surface area contributed by atoms with E-state index in [2.05, 4.69) is 9.88 Å². The standard InChI is InChI=1S/C13H20N4OS/c1-4-17(8-6-12(14)19)10-5-7-15-11(9-10)13(18)16(2)3/h5,7,9H,4,6,8H2,1-3H3,(H2,14,19). The molecule has 0 atom stereocenters. The highest BCUT2D eigenvalue weighted by Crippen LogP contribution is 2.15. The van der Waals surface area contributed by atoms with Crippen LogP contribution in [-0.2, 0) is 0 Å². The van der Waals surface area contributed by atoms with Gasteiger partial charge in [-0.2, -0.15) is 0 Å². The second kappa shape index (κ2) is 7.04. The fourth-order valence-electron chi connectivity index (χ4n) is 1.68. The van der Waals surface area contributed by atoms with Gasteiger partial charge < -0.3 is 15.5 Å². The number of thiocarbonyl (C=S) groups is 1. The first-order valence-electron chi connectivity index (χ1n) is 6.16. The third-order valence-corrected chi connectivity index (χ3v) is 2.95. The van der Waals surface area contributed by atoms with E-state index in [1.165, 1.54) is 4.90 Å². The molecule has 6 heteroatoms. The molecule has 0 aliphatic carbocycles. The van der Waals surface area contributed by atoms with Crippen LogP contribution in [0.2, 0.25) is 0 Å². The Morgan fingerprint density at radius 2 is 2.16 bits per heavy atom. The van der Waals surface area contributed by atoms with Crippen LogP contribution < -0.4 is 10.6 Å². The number of nitrogens with zero attached hydrogens (tertiary/aromatic N) is 3. The molecule has 104 valence electrons. The third-order valence-electron chi connectivity index (χ3n) is 2.74. The lowest BCUT2D eigenvalue weighted by Crippen LogP contribution is -2.28. The van der Waals surface area contributed by atoms with Crippen LogP contribution in [0.5, 0.6) is 0 Å². The van der Waals surface area contributed by atoms with Crippen molar-refractivity contribution in [2.24, 2.45) is 5.73 Å². The number of amides is 1. The zero-order valence-electron chi connectivity index (χ0n) is 11.6. The van der Waals surface area contributed by atoms with Crippen LogP contribution in [0.4, 0.5) is 5.69 Å². The first kappa shape index (κ1) is 15.4. The van der Waals surface area contributed by atoms with Crippen LogP contribution in [0, 0.1) is 0 Å². The number of carbonyl (C=O) groups excluding carboxylic acids is 1. The minimum atomic E-state index is -0.104. The molecule has 1 aromatic heterocycles. The molecular formula is C13H20N4OS. The normalized spacial score (nSPS) is 10.1. The molecule has 1 amide bonds. The summed E-state index contributed by atoms with van der Waals surface area (Å²) in [6, 6.07) is 3.68. The summed E-state index contributed by atoms with van der Waals surface area (Å²) in [6.45, 7) is 3.61. The number of hydrogen-bond acceptors (Lipinski definition) is 4. The molecule has 0 spiro atoms. The predicted octanol–water partition coefficient (Wildman–Crippen LogP) is 1.29. The Morgan fingerprint density at radius 1 is 1.47 bits per heavy atom. The Kier molecular flexibility index (Phi) is 5.69. The Hall–Kier alpha value is -1.69. The van der Waals surface area contributed by atoms with Crippen LogP contribution >= 0.6 is 12.2 Å². The Morgan fingerprint density at radius 3 is 2.68 bits per heavy atom. The van der Waals surface area contributed by atoms with Gasteiger partial charge in [0.2, 0.25) is 0 Å². The molecule has 0 unspecified atom stereocenters. The van der Waals surface area contributed by atoms with Gasteiger partial charge in [-0.1, -0.05) is 12.2 Å². The summed E-state index contributed by atoms with van der Waals surface area (Å²) >= 11 is 4.89. The Balaban J connectivity index is 2.89. The average molecular weight is 280 g/mol. The first-order valence-corrected chi connectivity index (χ1v) is 6.57. The highest BCUT2D eigenvalue weighted by molar-refractivity contribution is 7.80. The molecule has 0 aromatic carbocycles. The Bertz CT molecular complexity index is 462. The minimum absolute atomic E-state index is 0.104. The summed E-state index contributed by atoms with van der Waals surface area (Å²) in [5, 5.41) is 0. The van der Waals surface area contributed by atoms with Gasteiger partial charge in [0.15, 0.2) is 0 Å². The van der Waals surface area contributed by atoms with E-state index in [4.69, 9.17) is 18.0 Å². The van der Waals surface area contributed by atoms with E-state index in [9.17, 15) is 4.79 Å². The lowest BCUT2D eigenvalue weighted by Gasteiger charge is -2.23. The fraction of sp³-hybridized carbons (Fsp3) is 0.462. The molecule has 0 fully saturated rings. The van der Waals surface area contributed by atoms with Crippen LogP contribution in [0.15, 0.2) is 18.3 Å². The van der Waals surface area contributed by atoms with Crippen molar-refractivity contribution >= 4 is 28.8 Å². The van der Waals surface area contributed by atoms with Crippen molar-refractivity contribution in [3.05, 3.63) is 24.0 Å². The first-order chi connectivity index (χ1) is 8.95. The molecule has 0 radical (unpaired) electrons. The van der Waals surface area contributed by atoms with Gasteiger partial charge in [0.25, 0.3) is 5.91 Å². The van der Waals surface area contributed by atoms with Crippen LogP contribution in [0.3, 0.4) is 0 Å². The van der Waals surface area contributed by atoms with E-state index in [0.717, 1.165) is 18.8 Å². The summed E-state index contributed by atoms with van der Waals surface area (Å²) in [5.41, 5.74) is 6.92. The highest BCUT2D eigenvalue weighted by atomic mass is 32.1. The maximum atomic E-state index is 11.9. The number of hydrogen-bond donors (Lipinski definition) is 1. The maximum absolute atomic E-state index is 11.9. The topological polar surface area (TPSA) is 62.5 Å². The number of anilines is 1. The third kappa shape index (κ3) is 4.48. The molecule has 0 bridgehead atoms. The summed E-state index contributed by atoms with van der Waals surface area (Å²) in [7, 11) is 3.42. The number of rotatable bonds is 6. The van der Waals surface area contributed by atoms with Crippen molar-refractivity contribution in [2.45, 2.75) is 13.3 Å². The van der Waals surface area contributed by atoms with Gasteiger partial charge in [-0.05, 0) is 19.1 Å². The smallest absolute Gasteiger partial charge is 0.272 e. The number of carbonyl (C=O) groups is 1. The van der Waals surface area contributed by atoms with E-state index >= 15 is 0 Å². The minimum Gasteiger partial charge on any atom is -0.393 e. The van der Waals surface area contributed by atoms with Gasteiger partial charge in [0.1, 0.15) is 5.69 Å². The van der Waals surface area contributed by atoms with Crippen LogP contribution in [0.25, 0.3) is 0 Å². The summed E-state index contributed by atoms with van der Waals surface area (Å²) in [6.07, 6.45) is 2.30. The lowest BCUT2D eigenvalue weighted by molar-refractivity contribution is 0.0822. The maximum Gasteiger partial charge on any atom is 0.272 e. The number of nitrogens with two attached hydrogens (primary N) is 1. The molecule has 0 saturated carbocycles. The van der Waals surface area contributed by atoms with Gasteiger partial charge in [0.05, 0.1) is 4.99 Å². The van der Waals surface area contributed by atoms with Gasteiger partial charge >= 0.3 is 0 Å². The largest absolute Gasteiger partial charge is 0.393 e. The quantitative estimate of drug-likeness (QED) is 0.796. The molecule has 2 N–H and O–H groups in total. The zero-order chi connectivity index (χ0) is 14.4. The molecule has 1 rings (SSSR count). The van der Waals surface area contributed by atoms with Crippen molar-refractivity contribution in [1.82, 2.24) is 9.88 Å². The Labute approximate surface area is 119 Å². The molecule has 0 saturated heterocycles. The monoisotopic (exact) mass is 280 g/mol. The molecule has 0 aliphatic rings. The molecule has 1 aromatic rings. The average Bonchev–Trinajstić information content (AvgIpc) is 2.38. The van der Waals surface area contributed by atoms with Crippen molar-refractivity contribution < 1.29 is 4.79 Å². The van der Waals surface area contributed by atoms with Crippen molar-refractivity contribution in [2.75, 3.05) is 32.1 Å². The van der Waals surface area contributed by atoms with Crippen molar-refractivity contribution in [3.8, 4) is 0 Å². The predicted molar refractivity (Wildman–Crippen MR) is 81.5 cm³/mol.